The van der Waals surface area contributed by atoms with Crippen LogP contribution < -0.4 is 5.32 Å². The predicted molar refractivity (Wildman–Crippen MR) is 290 cm³/mol. The number of allylic oxidation sites excluding steroid dienone is 13. The highest BCUT2D eigenvalue weighted by Gasteiger charge is 2.27. The fraction of sp³-hybridized carbons (Fsp3) is 0.741. The Morgan fingerprint density at radius 2 is 0.910 bits per heavy atom. The largest absolute Gasteiger partial charge is 0.472 e. The van der Waals surface area contributed by atoms with Crippen molar-refractivity contribution in [2.24, 2.45) is 0 Å². The first kappa shape index (κ1) is 64.7. The molecular formula is C58H106N2O6P+. The summed E-state index contributed by atoms with van der Waals surface area (Å²) in [7, 11) is 1.54. The van der Waals surface area contributed by atoms with Crippen LogP contribution in [0.15, 0.2) is 85.1 Å². The minimum absolute atomic E-state index is 0.0511. The van der Waals surface area contributed by atoms with E-state index in [1.807, 2.05) is 27.2 Å². The molecule has 0 bridgehead atoms. The van der Waals surface area contributed by atoms with Crippen molar-refractivity contribution in [3.05, 3.63) is 85.1 Å². The number of nitrogens with one attached hydrogen (secondary N) is 1. The maximum Gasteiger partial charge on any atom is 0.472 e. The normalized spacial score (nSPS) is 14.7. The van der Waals surface area contributed by atoms with Gasteiger partial charge in [0.1, 0.15) is 13.2 Å². The van der Waals surface area contributed by atoms with E-state index in [1.165, 1.54) is 128 Å². The summed E-state index contributed by atoms with van der Waals surface area (Å²) in [6, 6.07) is -0.872. The summed E-state index contributed by atoms with van der Waals surface area (Å²) in [6.07, 6.45) is 68.2. The van der Waals surface area contributed by atoms with Crippen LogP contribution in [0.3, 0.4) is 0 Å². The van der Waals surface area contributed by atoms with E-state index in [0.29, 0.717) is 17.4 Å². The number of amides is 1. The number of aliphatic hydroxyl groups is 1. The first-order chi connectivity index (χ1) is 32.5. The van der Waals surface area contributed by atoms with Crippen LogP contribution in [0.2, 0.25) is 0 Å². The Hall–Kier alpha value is -2.32. The van der Waals surface area contributed by atoms with Crippen molar-refractivity contribution in [3.63, 3.8) is 0 Å². The topological polar surface area (TPSA) is 105 Å². The standard InChI is InChI=1S/C58H105N2O6P/c1-6-8-10-12-14-16-18-20-22-24-26-28-29-30-31-32-34-36-38-40-42-44-46-48-50-52-58(62)59-56(55-66-67(63,64)65-54-53-60(3,4)5)57(61)51-49-47-45-43-41-39-37-35-33-27-25-23-21-19-17-15-13-11-9-7-2/h8,10,14,16,20,22,26,28,30-31,41,43,49,51,56-57,61H,6-7,9,11-13,15,17-19,21,23-25,27,29,32-40,42,44-48,50,52-55H2,1-5H3,(H-,59,62,63,64)/p+1/b10-8-,16-14-,22-20-,28-26-,31-30-,43-41+,51-49+. The maximum absolute atomic E-state index is 13.0. The molecule has 0 aromatic rings. The summed E-state index contributed by atoms with van der Waals surface area (Å²) >= 11 is 0. The number of carbonyl (C=O) groups is 1. The second kappa shape index (κ2) is 48.7. The molecule has 0 aliphatic heterocycles. The molecule has 3 unspecified atom stereocenters. The quantitative estimate of drug-likeness (QED) is 0.0243. The summed E-state index contributed by atoms with van der Waals surface area (Å²) < 4.78 is 23.7. The summed E-state index contributed by atoms with van der Waals surface area (Å²) in [5.74, 6) is -0.196. The Bertz CT molecular complexity index is 1360. The van der Waals surface area contributed by atoms with E-state index in [1.54, 1.807) is 6.08 Å². The molecule has 0 fully saturated rings. The first-order valence-corrected chi connectivity index (χ1v) is 29.0. The number of phosphoric acid groups is 1. The van der Waals surface area contributed by atoms with Crippen LogP contribution in [0.5, 0.6) is 0 Å². The second-order valence-electron chi connectivity index (χ2n) is 19.6. The monoisotopic (exact) mass is 958 g/mol. The van der Waals surface area contributed by atoms with Gasteiger partial charge in [0.25, 0.3) is 0 Å². The van der Waals surface area contributed by atoms with Gasteiger partial charge in [0.15, 0.2) is 0 Å². The van der Waals surface area contributed by atoms with Crippen molar-refractivity contribution in [1.82, 2.24) is 5.32 Å². The number of rotatable bonds is 49. The zero-order chi connectivity index (χ0) is 49.2. The van der Waals surface area contributed by atoms with E-state index >= 15 is 0 Å². The third kappa shape index (κ3) is 51.4. The van der Waals surface area contributed by atoms with E-state index in [4.69, 9.17) is 9.05 Å². The molecule has 0 saturated carbocycles. The van der Waals surface area contributed by atoms with Crippen molar-refractivity contribution in [3.8, 4) is 0 Å². The molecule has 8 nitrogen and oxygen atoms in total. The average Bonchev–Trinajstić information content (AvgIpc) is 3.29. The SMILES string of the molecule is CC/C=C\C/C=C\C/C=C\C/C=C\C/C=C\CCCCCCCCCCCC(=O)NC(COP(=O)(O)OCC[N+](C)(C)C)C(O)/C=C/CC/C=C/CCCCCCCCCCCCCCCC. The molecule has 0 aromatic carbocycles. The van der Waals surface area contributed by atoms with Crippen molar-refractivity contribution < 1.29 is 32.9 Å². The molecule has 67 heavy (non-hydrogen) atoms. The smallest absolute Gasteiger partial charge is 0.387 e. The molecule has 0 heterocycles. The predicted octanol–water partition coefficient (Wildman–Crippen LogP) is 16.5. The van der Waals surface area contributed by atoms with Crippen LogP contribution in [-0.2, 0) is 18.4 Å². The number of unbranched alkanes of at least 4 members (excludes halogenated alkanes) is 24. The van der Waals surface area contributed by atoms with Crippen LogP contribution in [0.1, 0.15) is 226 Å². The van der Waals surface area contributed by atoms with Gasteiger partial charge in [0.05, 0.1) is 39.9 Å². The molecule has 3 atom stereocenters. The molecule has 0 saturated heterocycles. The van der Waals surface area contributed by atoms with Crippen LogP contribution >= 0.6 is 7.82 Å². The van der Waals surface area contributed by atoms with Crippen molar-refractivity contribution in [2.45, 2.75) is 238 Å². The van der Waals surface area contributed by atoms with Gasteiger partial charge in [-0.15, -0.1) is 0 Å². The number of nitrogens with zero attached hydrogens (tertiary/aromatic N) is 1. The van der Waals surface area contributed by atoms with Crippen molar-refractivity contribution >= 4 is 13.7 Å². The molecule has 0 aliphatic carbocycles. The highest BCUT2D eigenvalue weighted by molar-refractivity contribution is 7.47. The minimum Gasteiger partial charge on any atom is -0.387 e. The van der Waals surface area contributed by atoms with E-state index in [2.05, 4.69) is 92.1 Å². The average molecular weight is 958 g/mol. The third-order valence-electron chi connectivity index (χ3n) is 11.8. The zero-order valence-corrected chi connectivity index (χ0v) is 45.0. The van der Waals surface area contributed by atoms with Gasteiger partial charge in [-0.3, -0.25) is 13.8 Å². The molecule has 388 valence electrons. The number of hydrogen-bond acceptors (Lipinski definition) is 5. The molecule has 9 heteroatoms. The van der Waals surface area contributed by atoms with E-state index in [-0.39, 0.29) is 19.1 Å². The first-order valence-electron chi connectivity index (χ1n) is 27.5. The van der Waals surface area contributed by atoms with Crippen LogP contribution in [-0.4, -0.2) is 73.4 Å². The minimum atomic E-state index is -4.36. The summed E-state index contributed by atoms with van der Waals surface area (Å²) in [6.45, 7) is 4.68. The fourth-order valence-corrected chi connectivity index (χ4v) is 8.29. The van der Waals surface area contributed by atoms with Gasteiger partial charge in [0.2, 0.25) is 5.91 Å². The highest BCUT2D eigenvalue weighted by atomic mass is 31.2. The second-order valence-corrected chi connectivity index (χ2v) is 21.0. The molecular weight excluding hydrogens is 852 g/mol. The lowest BCUT2D eigenvalue weighted by molar-refractivity contribution is -0.870. The lowest BCUT2D eigenvalue weighted by atomic mass is 10.0. The summed E-state index contributed by atoms with van der Waals surface area (Å²) in [5.41, 5.74) is 0. The Morgan fingerprint density at radius 1 is 0.522 bits per heavy atom. The van der Waals surface area contributed by atoms with Crippen molar-refractivity contribution in [1.29, 1.82) is 0 Å². The fourth-order valence-electron chi connectivity index (χ4n) is 7.55. The summed E-state index contributed by atoms with van der Waals surface area (Å²) in [5, 5.41) is 13.9. The Morgan fingerprint density at radius 3 is 1.37 bits per heavy atom. The van der Waals surface area contributed by atoms with E-state index in [0.717, 1.165) is 77.0 Å². The number of hydrogen-bond donors (Lipinski definition) is 3. The Labute approximate surface area is 414 Å². The molecule has 0 rings (SSSR count). The van der Waals surface area contributed by atoms with Gasteiger partial charge >= 0.3 is 7.82 Å². The lowest BCUT2D eigenvalue weighted by Gasteiger charge is -2.25. The van der Waals surface area contributed by atoms with Gasteiger partial charge in [0, 0.05) is 6.42 Å². The van der Waals surface area contributed by atoms with Crippen LogP contribution in [0.25, 0.3) is 0 Å². The molecule has 0 aromatic heterocycles. The number of phosphoric ester groups is 1. The van der Waals surface area contributed by atoms with Gasteiger partial charge in [-0.2, -0.15) is 0 Å². The molecule has 0 radical (unpaired) electrons. The van der Waals surface area contributed by atoms with Gasteiger partial charge in [-0.25, -0.2) is 4.57 Å². The zero-order valence-electron chi connectivity index (χ0n) is 44.1. The summed E-state index contributed by atoms with van der Waals surface area (Å²) in [4.78, 5) is 23.3. The van der Waals surface area contributed by atoms with Crippen molar-refractivity contribution in [2.75, 3.05) is 40.9 Å². The third-order valence-corrected chi connectivity index (χ3v) is 12.8. The number of carbonyl (C=O) groups excluding carboxylic acids is 1. The number of quaternary nitrogens is 1. The lowest BCUT2D eigenvalue weighted by Crippen LogP contribution is -2.45. The Balaban J connectivity index is 4.32. The maximum atomic E-state index is 13.0. The van der Waals surface area contributed by atoms with E-state index in [9.17, 15) is 19.4 Å². The van der Waals surface area contributed by atoms with Crippen LogP contribution in [0, 0.1) is 0 Å². The van der Waals surface area contributed by atoms with Gasteiger partial charge < -0.3 is 19.8 Å². The molecule has 1 amide bonds. The van der Waals surface area contributed by atoms with E-state index < -0.39 is 20.0 Å². The van der Waals surface area contributed by atoms with Gasteiger partial charge in [-0.1, -0.05) is 227 Å². The molecule has 0 aliphatic rings. The number of aliphatic hydroxyl groups excluding tert-OH is 1. The van der Waals surface area contributed by atoms with Gasteiger partial charge in [-0.05, 0) is 77.0 Å². The van der Waals surface area contributed by atoms with Crippen LogP contribution in [0.4, 0.5) is 0 Å². The molecule has 0 spiro atoms. The molecule has 3 N–H and O–H groups in total. The number of likely N-dealkylation sites (N-methyl/N-ethyl adjacent to an activating group) is 1. The Kier molecular flexibility index (Phi) is 47.0. The highest BCUT2D eigenvalue weighted by Crippen LogP contribution is 2.43.